The standard InChI is InChI=1S/C13H24N2O3/c1-10(13(17)18)3-2-6-15-12(16)9-11-4-7-14-8-5-11/h10-11,14H,2-9H2,1H3,(H,15,16)(H,17,18). The molecule has 1 heterocycles. The molecule has 0 radical (unpaired) electrons. The molecule has 1 saturated heterocycles. The first-order chi connectivity index (χ1) is 8.59. The number of carbonyl (C=O) groups excluding carboxylic acids is 1. The fourth-order valence-electron chi connectivity index (χ4n) is 2.18. The summed E-state index contributed by atoms with van der Waals surface area (Å²) in [6.07, 6.45) is 4.09. The first kappa shape index (κ1) is 15.0. The summed E-state index contributed by atoms with van der Waals surface area (Å²) in [5.74, 6) is -0.489. The zero-order chi connectivity index (χ0) is 13.4. The van der Waals surface area contributed by atoms with Gasteiger partial charge >= 0.3 is 5.97 Å². The molecule has 1 aliphatic rings. The summed E-state index contributed by atoms with van der Waals surface area (Å²) in [5, 5.41) is 14.9. The van der Waals surface area contributed by atoms with E-state index in [2.05, 4.69) is 10.6 Å². The van der Waals surface area contributed by atoms with Crippen LogP contribution in [0, 0.1) is 11.8 Å². The molecule has 0 aromatic heterocycles. The Bertz CT molecular complexity index is 275. The molecule has 3 N–H and O–H groups in total. The zero-order valence-corrected chi connectivity index (χ0v) is 11.1. The van der Waals surface area contributed by atoms with E-state index in [-0.39, 0.29) is 11.8 Å². The molecule has 5 nitrogen and oxygen atoms in total. The molecule has 104 valence electrons. The highest BCUT2D eigenvalue weighted by molar-refractivity contribution is 5.76. The summed E-state index contributed by atoms with van der Waals surface area (Å²) < 4.78 is 0. The molecule has 1 unspecified atom stereocenters. The number of carboxylic acids is 1. The van der Waals surface area contributed by atoms with E-state index in [1.54, 1.807) is 6.92 Å². The van der Waals surface area contributed by atoms with E-state index in [0.29, 0.717) is 25.3 Å². The zero-order valence-electron chi connectivity index (χ0n) is 11.1. The minimum Gasteiger partial charge on any atom is -0.481 e. The summed E-state index contributed by atoms with van der Waals surface area (Å²) in [6, 6.07) is 0. The molecule has 0 saturated carbocycles. The van der Waals surface area contributed by atoms with E-state index in [1.165, 1.54) is 0 Å². The Hall–Kier alpha value is -1.10. The summed E-state index contributed by atoms with van der Waals surface area (Å²) in [5.41, 5.74) is 0. The lowest BCUT2D eigenvalue weighted by Gasteiger charge is -2.21. The summed E-state index contributed by atoms with van der Waals surface area (Å²) >= 11 is 0. The normalized spacial score (nSPS) is 18.3. The van der Waals surface area contributed by atoms with Crippen LogP contribution < -0.4 is 10.6 Å². The van der Waals surface area contributed by atoms with Crippen LogP contribution in [0.4, 0.5) is 0 Å². The molecular formula is C13H24N2O3. The molecule has 0 aliphatic carbocycles. The van der Waals surface area contributed by atoms with Gasteiger partial charge in [-0.15, -0.1) is 0 Å². The Morgan fingerprint density at radius 1 is 1.39 bits per heavy atom. The minimum atomic E-state index is -0.768. The Morgan fingerprint density at radius 2 is 2.06 bits per heavy atom. The van der Waals surface area contributed by atoms with Gasteiger partial charge in [0.15, 0.2) is 0 Å². The molecule has 0 spiro atoms. The fourth-order valence-corrected chi connectivity index (χ4v) is 2.18. The third kappa shape index (κ3) is 6.00. The van der Waals surface area contributed by atoms with Crippen LogP contribution in [-0.4, -0.2) is 36.6 Å². The van der Waals surface area contributed by atoms with Crippen molar-refractivity contribution in [2.24, 2.45) is 11.8 Å². The van der Waals surface area contributed by atoms with Gasteiger partial charge < -0.3 is 15.7 Å². The smallest absolute Gasteiger partial charge is 0.306 e. The molecule has 1 atom stereocenters. The first-order valence-corrected chi connectivity index (χ1v) is 6.80. The summed E-state index contributed by atoms with van der Waals surface area (Å²) in [6.45, 7) is 4.29. The van der Waals surface area contributed by atoms with Gasteiger partial charge in [0.1, 0.15) is 0 Å². The highest BCUT2D eigenvalue weighted by atomic mass is 16.4. The molecule has 1 aliphatic heterocycles. The highest BCUT2D eigenvalue weighted by Gasteiger charge is 2.16. The largest absolute Gasteiger partial charge is 0.481 e. The topological polar surface area (TPSA) is 78.4 Å². The van der Waals surface area contributed by atoms with Crippen LogP contribution in [0.25, 0.3) is 0 Å². The molecule has 1 fully saturated rings. The number of nitrogens with one attached hydrogen (secondary N) is 2. The van der Waals surface area contributed by atoms with Gasteiger partial charge in [-0.3, -0.25) is 9.59 Å². The number of amides is 1. The van der Waals surface area contributed by atoms with Gasteiger partial charge in [0.05, 0.1) is 5.92 Å². The van der Waals surface area contributed by atoms with Crippen LogP contribution in [0.15, 0.2) is 0 Å². The minimum absolute atomic E-state index is 0.102. The predicted molar refractivity (Wildman–Crippen MR) is 69.3 cm³/mol. The van der Waals surface area contributed by atoms with Crippen molar-refractivity contribution in [1.29, 1.82) is 0 Å². The third-order valence-electron chi connectivity index (χ3n) is 3.49. The van der Waals surface area contributed by atoms with Crippen LogP contribution >= 0.6 is 0 Å². The van der Waals surface area contributed by atoms with Gasteiger partial charge in [-0.2, -0.15) is 0 Å². The van der Waals surface area contributed by atoms with E-state index >= 15 is 0 Å². The van der Waals surface area contributed by atoms with Crippen molar-refractivity contribution < 1.29 is 14.7 Å². The van der Waals surface area contributed by atoms with Gasteiger partial charge in [0.2, 0.25) is 5.91 Å². The highest BCUT2D eigenvalue weighted by Crippen LogP contribution is 2.15. The van der Waals surface area contributed by atoms with E-state index in [0.717, 1.165) is 32.4 Å². The van der Waals surface area contributed by atoms with Crippen molar-refractivity contribution >= 4 is 11.9 Å². The maximum atomic E-state index is 11.6. The predicted octanol–water partition coefficient (Wildman–Crippen LogP) is 0.993. The molecule has 1 rings (SSSR count). The molecule has 1 amide bonds. The first-order valence-electron chi connectivity index (χ1n) is 6.80. The summed E-state index contributed by atoms with van der Waals surface area (Å²) in [7, 11) is 0. The average Bonchev–Trinajstić information content (AvgIpc) is 2.35. The lowest BCUT2D eigenvalue weighted by Crippen LogP contribution is -2.32. The number of hydrogen-bond acceptors (Lipinski definition) is 3. The fraction of sp³-hybridized carbons (Fsp3) is 0.846. The van der Waals surface area contributed by atoms with Gasteiger partial charge in [0.25, 0.3) is 0 Å². The van der Waals surface area contributed by atoms with Crippen molar-refractivity contribution in [3.05, 3.63) is 0 Å². The maximum Gasteiger partial charge on any atom is 0.306 e. The van der Waals surface area contributed by atoms with Crippen LogP contribution in [0.5, 0.6) is 0 Å². The lowest BCUT2D eigenvalue weighted by atomic mass is 9.94. The number of hydrogen-bond donors (Lipinski definition) is 3. The molecule has 0 bridgehead atoms. The Balaban J connectivity index is 2.04. The second-order valence-electron chi connectivity index (χ2n) is 5.13. The molecule has 0 aromatic rings. The Kier molecular flexibility index (Phi) is 6.72. The van der Waals surface area contributed by atoms with Gasteiger partial charge in [-0.1, -0.05) is 6.92 Å². The van der Waals surface area contributed by atoms with Crippen LogP contribution in [-0.2, 0) is 9.59 Å². The van der Waals surface area contributed by atoms with Gasteiger partial charge in [-0.05, 0) is 44.7 Å². The van der Waals surface area contributed by atoms with Crippen molar-refractivity contribution in [2.75, 3.05) is 19.6 Å². The quantitative estimate of drug-likeness (QED) is 0.594. The second-order valence-corrected chi connectivity index (χ2v) is 5.13. The van der Waals surface area contributed by atoms with Crippen LogP contribution in [0.3, 0.4) is 0 Å². The third-order valence-corrected chi connectivity index (χ3v) is 3.49. The molecular weight excluding hydrogens is 232 g/mol. The van der Waals surface area contributed by atoms with Gasteiger partial charge in [0, 0.05) is 13.0 Å². The van der Waals surface area contributed by atoms with Crippen LogP contribution in [0.1, 0.15) is 39.0 Å². The van der Waals surface area contributed by atoms with Crippen molar-refractivity contribution in [2.45, 2.75) is 39.0 Å². The Labute approximate surface area is 108 Å². The van der Waals surface area contributed by atoms with E-state index < -0.39 is 5.97 Å². The van der Waals surface area contributed by atoms with E-state index in [9.17, 15) is 9.59 Å². The van der Waals surface area contributed by atoms with Crippen LogP contribution in [0.2, 0.25) is 0 Å². The van der Waals surface area contributed by atoms with Crippen molar-refractivity contribution in [3.8, 4) is 0 Å². The van der Waals surface area contributed by atoms with Crippen molar-refractivity contribution in [3.63, 3.8) is 0 Å². The number of aliphatic carboxylic acids is 1. The second kappa shape index (κ2) is 8.08. The molecule has 0 aromatic carbocycles. The maximum absolute atomic E-state index is 11.6. The number of piperidine rings is 1. The SMILES string of the molecule is CC(CCCNC(=O)CC1CCNCC1)C(=O)O. The summed E-state index contributed by atoms with van der Waals surface area (Å²) in [4.78, 5) is 22.2. The van der Waals surface area contributed by atoms with Crippen molar-refractivity contribution in [1.82, 2.24) is 10.6 Å². The Morgan fingerprint density at radius 3 is 2.67 bits per heavy atom. The molecule has 5 heteroatoms. The number of rotatable bonds is 7. The van der Waals surface area contributed by atoms with E-state index in [4.69, 9.17) is 5.11 Å². The number of carboxylic acid groups (broad SMARTS) is 1. The monoisotopic (exact) mass is 256 g/mol. The number of carbonyl (C=O) groups is 2. The van der Waals surface area contributed by atoms with Gasteiger partial charge in [-0.25, -0.2) is 0 Å². The van der Waals surface area contributed by atoms with E-state index in [1.807, 2.05) is 0 Å². The average molecular weight is 256 g/mol. The molecule has 18 heavy (non-hydrogen) atoms. The lowest BCUT2D eigenvalue weighted by molar-refractivity contribution is -0.141.